The van der Waals surface area contributed by atoms with Crippen LogP contribution in [0.3, 0.4) is 0 Å². The van der Waals surface area contributed by atoms with Crippen LogP contribution in [-0.4, -0.2) is 63.8 Å². The topological polar surface area (TPSA) is 53.4 Å². The second-order valence-electron chi connectivity index (χ2n) is 4.55. The van der Waals surface area contributed by atoms with E-state index in [1.165, 1.54) is 4.68 Å². The number of hydrogen-bond acceptors (Lipinski definition) is 4. The molecule has 0 aliphatic carbocycles. The molecule has 1 aromatic heterocycles. The van der Waals surface area contributed by atoms with E-state index >= 15 is 0 Å². The van der Waals surface area contributed by atoms with Gasteiger partial charge in [0.05, 0.1) is 5.02 Å². The fourth-order valence-corrected chi connectivity index (χ4v) is 2.40. The monoisotopic (exact) mass is 301 g/mol. The maximum Gasteiger partial charge on any atom is 0.279 e. The van der Waals surface area contributed by atoms with E-state index < -0.39 is 0 Å². The van der Waals surface area contributed by atoms with Crippen LogP contribution in [0.1, 0.15) is 10.5 Å². The molecule has 1 aliphatic heterocycles. The van der Waals surface area contributed by atoms with Crippen molar-refractivity contribution in [2.45, 2.75) is 0 Å². The van der Waals surface area contributed by atoms with Gasteiger partial charge in [0.25, 0.3) is 5.91 Å². The van der Waals surface area contributed by atoms with Crippen molar-refractivity contribution in [3.05, 3.63) is 16.9 Å². The van der Waals surface area contributed by atoms with Crippen LogP contribution in [0.2, 0.25) is 5.02 Å². The van der Waals surface area contributed by atoms with Crippen molar-refractivity contribution in [1.82, 2.24) is 24.9 Å². The van der Waals surface area contributed by atoms with Gasteiger partial charge in [0.1, 0.15) is 0 Å². The molecule has 2 rings (SSSR count). The molecule has 0 bridgehead atoms. The predicted octanol–water partition coefficient (Wildman–Crippen LogP) is 0.336. The highest BCUT2D eigenvalue weighted by Gasteiger charge is 2.20. The standard InChI is InChI=1S/C11H16ClN5OS/c1-15-3-5-17(6-4-15)11(19)13-10(18)9-8(12)7-16(2)14-9/h7H,3-6H2,1-2H3,(H,13,18,19). The number of carbonyl (C=O) groups is 1. The predicted molar refractivity (Wildman–Crippen MR) is 77.4 cm³/mol. The van der Waals surface area contributed by atoms with Gasteiger partial charge in [0.2, 0.25) is 0 Å². The summed E-state index contributed by atoms with van der Waals surface area (Å²) in [5.41, 5.74) is 0.195. The molecule has 6 nitrogen and oxygen atoms in total. The van der Waals surface area contributed by atoms with Crippen LogP contribution in [0.15, 0.2) is 6.20 Å². The van der Waals surface area contributed by atoms with E-state index in [0.29, 0.717) is 10.1 Å². The van der Waals surface area contributed by atoms with E-state index in [4.69, 9.17) is 23.8 Å². The first-order chi connectivity index (χ1) is 8.97. The molecule has 0 unspecified atom stereocenters. The zero-order chi connectivity index (χ0) is 14.0. The number of piperazine rings is 1. The lowest BCUT2D eigenvalue weighted by Gasteiger charge is -2.33. The molecule has 104 valence electrons. The Labute approximate surface area is 122 Å². The summed E-state index contributed by atoms with van der Waals surface area (Å²) >= 11 is 11.2. The molecule has 1 amide bonds. The fourth-order valence-electron chi connectivity index (χ4n) is 1.86. The Morgan fingerprint density at radius 1 is 1.37 bits per heavy atom. The Bertz CT molecular complexity index is 495. The van der Waals surface area contributed by atoms with E-state index in [1.807, 2.05) is 4.90 Å². The highest BCUT2D eigenvalue weighted by molar-refractivity contribution is 7.80. The summed E-state index contributed by atoms with van der Waals surface area (Å²) in [6.07, 6.45) is 1.58. The van der Waals surface area contributed by atoms with Gasteiger partial charge in [-0.15, -0.1) is 0 Å². The van der Waals surface area contributed by atoms with Crippen LogP contribution in [0.25, 0.3) is 0 Å². The Hall–Kier alpha value is -1.18. The molecule has 0 atom stereocenters. The number of aromatic nitrogens is 2. The van der Waals surface area contributed by atoms with Crippen LogP contribution in [0.5, 0.6) is 0 Å². The van der Waals surface area contributed by atoms with Crippen LogP contribution in [0, 0.1) is 0 Å². The van der Waals surface area contributed by atoms with Crippen molar-refractivity contribution in [3.8, 4) is 0 Å². The number of nitrogens with one attached hydrogen (secondary N) is 1. The van der Waals surface area contributed by atoms with Gasteiger partial charge in [-0.05, 0) is 19.3 Å². The summed E-state index contributed by atoms with van der Waals surface area (Å²) in [6, 6.07) is 0. The van der Waals surface area contributed by atoms with Crippen molar-refractivity contribution in [2.24, 2.45) is 7.05 Å². The molecule has 1 aromatic rings. The number of amides is 1. The maximum absolute atomic E-state index is 12.0. The van der Waals surface area contributed by atoms with Gasteiger partial charge in [0, 0.05) is 39.4 Å². The number of rotatable bonds is 1. The molecule has 8 heteroatoms. The third-order valence-electron chi connectivity index (χ3n) is 3.01. The quantitative estimate of drug-likeness (QED) is 0.758. The van der Waals surface area contributed by atoms with Crippen molar-refractivity contribution >= 4 is 34.8 Å². The third-order valence-corrected chi connectivity index (χ3v) is 3.65. The molecule has 0 radical (unpaired) electrons. The minimum absolute atomic E-state index is 0.195. The maximum atomic E-state index is 12.0. The molecular formula is C11H16ClN5OS. The van der Waals surface area contributed by atoms with Crippen molar-refractivity contribution in [3.63, 3.8) is 0 Å². The van der Waals surface area contributed by atoms with Gasteiger partial charge in [0.15, 0.2) is 10.8 Å². The van der Waals surface area contributed by atoms with Crippen LogP contribution in [0.4, 0.5) is 0 Å². The van der Waals surface area contributed by atoms with Gasteiger partial charge >= 0.3 is 0 Å². The molecular weight excluding hydrogens is 286 g/mol. The number of aryl methyl sites for hydroxylation is 1. The SMILES string of the molecule is CN1CCN(C(=S)NC(=O)c2nn(C)cc2Cl)CC1. The lowest BCUT2D eigenvalue weighted by molar-refractivity contribution is 0.0965. The summed E-state index contributed by atoms with van der Waals surface area (Å²) < 4.78 is 1.50. The van der Waals surface area contributed by atoms with Gasteiger partial charge in [-0.2, -0.15) is 5.10 Å². The second kappa shape index (κ2) is 5.85. The van der Waals surface area contributed by atoms with Crippen LogP contribution >= 0.6 is 23.8 Å². The highest BCUT2D eigenvalue weighted by Crippen LogP contribution is 2.13. The van der Waals surface area contributed by atoms with Crippen molar-refractivity contribution < 1.29 is 4.79 Å². The Morgan fingerprint density at radius 3 is 2.53 bits per heavy atom. The van der Waals surface area contributed by atoms with Gasteiger partial charge in [-0.25, -0.2) is 0 Å². The summed E-state index contributed by atoms with van der Waals surface area (Å²) in [7, 11) is 3.77. The molecule has 1 aliphatic rings. The summed E-state index contributed by atoms with van der Waals surface area (Å²) in [5.74, 6) is -0.366. The zero-order valence-electron chi connectivity index (χ0n) is 10.9. The molecule has 1 fully saturated rings. The number of likely N-dealkylation sites (N-methyl/N-ethyl adjacent to an activating group) is 1. The first-order valence-electron chi connectivity index (χ1n) is 5.95. The minimum Gasteiger partial charge on any atom is -0.346 e. The summed E-state index contributed by atoms with van der Waals surface area (Å²) in [4.78, 5) is 16.2. The first-order valence-corrected chi connectivity index (χ1v) is 6.74. The molecule has 0 spiro atoms. The van der Waals surface area contributed by atoms with E-state index in [2.05, 4.69) is 22.4 Å². The van der Waals surface area contributed by atoms with E-state index in [1.54, 1.807) is 13.2 Å². The Balaban J connectivity index is 1.95. The third kappa shape index (κ3) is 3.43. The van der Waals surface area contributed by atoms with E-state index in [-0.39, 0.29) is 11.6 Å². The average molecular weight is 302 g/mol. The Kier molecular flexibility index (Phi) is 4.38. The van der Waals surface area contributed by atoms with Gasteiger partial charge in [-0.1, -0.05) is 11.6 Å². The Morgan fingerprint density at radius 2 is 2.00 bits per heavy atom. The molecule has 19 heavy (non-hydrogen) atoms. The largest absolute Gasteiger partial charge is 0.346 e. The highest BCUT2D eigenvalue weighted by atomic mass is 35.5. The number of halogens is 1. The zero-order valence-corrected chi connectivity index (χ0v) is 12.5. The second-order valence-corrected chi connectivity index (χ2v) is 5.34. The fraction of sp³-hybridized carbons (Fsp3) is 0.545. The summed E-state index contributed by atoms with van der Waals surface area (Å²) in [5, 5.41) is 7.43. The lowest BCUT2D eigenvalue weighted by atomic mass is 10.3. The van der Waals surface area contributed by atoms with Crippen molar-refractivity contribution in [2.75, 3.05) is 33.2 Å². The molecule has 0 aromatic carbocycles. The molecule has 1 N–H and O–H groups in total. The summed E-state index contributed by atoms with van der Waals surface area (Å²) in [6.45, 7) is 3.48. The first kappa shape index (κ1) is 14.2. The lowest BCUT2D eigenvalue weighted by Crippen LogP contribution is -2.51. The van der Waals surface area contributed by atoms with Gasteiger partial charge < -0.3 is 9.80 Å². The molecule has 1 saturated heterocycles. The minimum atomic E-state index is -0.366. The normalized spacial score (nSPS) is 16.5. The average Bonchev–Trinajstić information content (AvgIpc) is 2.69. The van der Waals surface area contributed by atoms with Crippen molar-refractivity contribution in [1.29, 1.82) is 0 Å². The number of carbonyl (C=O) groups excluding carboxylic acids is 1. The molecule has 0 saturated carbocycles. The number of thiocarbonyl (C=S) groups is 1. The number of nitrogens with zero attached hydrogens (tertiary/aromatic N) is 4. The number of hydrogen-bond donors (Lipinski definition) is 1. The van der Waals surface area contributed by atoms with Crippen LogP contribution in [-0.2, 0) is 7.05 Å². The van der Waals surface area contributed by atoms with E-state index in [0.717, 1.165) is 26.2 Å². The van der Waals surface area contributed by atoms with E-state index in [9.17, 15) is 4.79 Å². The van der Waals surface area contributed by atoms with Gasteiger partial charge in [-0.3, -0.25) is 14.8 Å². The van der Waals surface area contributed by atoms with Crippen LogP contribution < -0.4 is 5.32 Å². The smallest absolute Gasteiger partial charge is 0.279 e. The molecule has 2 heterocycles.